The molecule has 11 heteroatoms. The van der Waals surface area contributed by atoms with Crippen LogP contribution in [0.3, 0.4) is 0 Å². The number of carbonyl (C=O) groups is 1. The smallest absolute Gasteiger partial charge is 0.391 e. The zero-order valence-corrected chi connectivity index (χ0v) is 22.9. The molecule has 1 atom stereocenters. The van der Waals surface area contributed by atoms with Crippen molar-refractivity contribution in [2.45, 2.75) is 69.6 Å². The number of fused-ring (bicyclic) bond motifs is 1. The molecule has 2 N–H and O–H groups in total. The second-order valence-corrected chi connectivity index (χ2v) is 12.4. The Morgan fingerprint density at radius 3 is 2.33 bits per heavy atom. The fourth-order valence-electron chi connectivity index (χ4n) is 5.33. The van der Waals surface area contributed by atoms with Gasteiger partial charge in [0.2, 0.25) is 0 Å². The van der Waals surface area contributed by atoms with Crippen LogP contribution >= 0.6 is 0 Å². The standard InChI is InChI=1S/C28H34F3N3O4S/c1-3-34-25-14-9-20(16-23(25)32-26(34)15-18-5-10-21(11-6-18)28(29,30)31)27(36)33-24(17-35)19-7-12-22(13-8-19)39(37,38)4-2/h7-9,12-14,16,18,21,24,35H,3-6,10-11,15,17H2,1-2H3,(H,33,36). The van der Waals surface area contributed by atoms with Crippen molar-refractivity contribution >= 4 is 26.8 Å². The highest BCUT2D eigenvalue weighted by Crippen LogP contribution is 2.40. The summed E-state index contributed by atoms with van der Waals surface area (Å²) in [5.74, 6) is -0.721. The molecule has 4 rings (SSSR count). The summed E-state index contributed by atoms with van der Waals surface area (Å²) in [5, 5.41) is 12.7. The van der Waals surface area contributed by atoms with E-state index in [0.717, 1.165) is 11.3 Å². The minimum atomic E-state index is -4.13. The van der Waals surface area contributed by atoms with Crippen molar-refractivity contribution in [1.82, 2.24) is 14.9 Å². The molecule has 1 aliphatic carbocycles. The molecule has 1 unspecified atom stereocenters. The average Bonchev–Trinajstić information content (AvgIpc) is 3.27. The highest BCUT2D eigenvalue weighted by atomic mass is 32.2. The molecule has 1 amide bonds. The van der Waals surface area contributed by atoms with E-state index >= 15 is 0 Å². The summed E-state index contributed by atoms with van der Waals surface area (Å²) >= 11 is 0. The van der Waals surface area contributed by atoms with Crippen LogP contribution < -0.4 is 5.32 Å². The zero-order valence-electron chi connectivity index (χ0n) is 22.0. The summed E-state index contributed by atoms with van der Waals surface area (Å²) in [5.41, 5.74) is 2.39. The minimum absolute atomic E-state index is 0.0241. The second-order valence-electron chi connectivity index (χ2n) is 10.1. The molecule has 7 nitrogen and oxygen atoms in total. The molecule has 1 aliphatic rings. The maximum Gasteiger partial charge on any atom is 0.391 e. The van der Waals surface area contributed by atoms with E-state index in [1.54, 1.807) is 31.2 Å². The Labute approximate surface area is 226 Å². The number of halogens is 3. The molecular formula is C28H34F3N3O4S. The van der Waals surface area contributed by atoms with Crippen LogP contribution in [0.25, 0.3) is 11.0 Å². The first-order chi connectivity index (χ1) is 18.5. The van der Waals surface area contributed by atoms with Crippen molar-refractivity contribution in [2.75, 3.05) is 12.4 Å². The summed E-state index contributed by atoms with van der Waals surface area (Å²) in [6, 6.07) is 10.5. The number of aliphatic hydroxyl groups is 1. The molecule has 3 aromatic rings. The van der Waals surface area contributed by atoms with Gasteiger partial charge in [-0.15, -0.1) is 0 Å². The number of nitrogens with zero attached hydrogens (tertiary/aromatic N) is 2. The number of benzene rings is 2. The third kappa shape index (κ3) is 6.46. The van der Waals surface area contributed by atoms with Crippen molar-refractivity contribution in [2.24, 2.45) is 11.8 Å². The maximum atomic E-state index is 13.0. The van der Waals surface area contributed by atoms with E-state index < -0.39 is 33.9 Å². The van der Waals surface area contributed by atoms with Crippen molar-refractivity contribution < 1.29 is 31.5 Å². The summed E-state index contributed by atoms with van der Waals surface area (Å²) in [4.78, 5) is 18.0. The third-order valence-corrected chi connectivity index (χ3v) is 9.45. The Bertz CT molecular complexity index is 1410. The number of hydrogen-bond acceptors (Lipinski definition) is 5. The number of hydrogen-bond donors (Lipinski definition) is 2. The van der Waals surface area contributed by atoms with Crippen LogP contribution in [-0.2, 0) is 22.8 Å². The molecule has 0 saturated heterocycles. The number of sulfone groups is 1. The third-order valence-electron chi connectivity index (χ3n) is 7.70. The van der Waals surface area contributed by atoms with Gasteiger partial charge in [-0.2, -0.15) is 13.2 Å². The fraction of sp³-hybridized carbons (Fsp3) is 0.500. The lowest BCUT2D eigenvalue weighted by atomic mass is 9.80. The quantitative estimate of drug-likeness (QED) is 0.370. The van der Waals surface area contributed by atoms with E-state index in [2.05, 4.69) is 5.32 Å². The normalized spacial score (nSPS) is 19.2. The number of aliphatic hydroxyl groups excluding tert-OH is 1. The molecule has 0 aliphatic heterocycles. The molecule has 39 heavy (non-hydrogen) atoms. The van der Waals surface area contributed by atoms with Gasteiger partial charge in [-0.1, -0.05) is 19.1 Å². The van der Waals surface area contributed by atoms with E-state index in [1.807, 2.05) is 17.6 Å². The number of rotatable bonds is 9. The van der Waals surface area contributed by atoms with Crippen LogP contribution in [0.4, 0.5) is 13.2 Å². The average molecular weight is 566 g/mol. The molecule has 1 aromatic heterocycles. The number of imidazole rings is 1. The van der Waals surface area contributed by atoms with Gasteiger partial charge < -0.3 is 15.0 Å². The van der Waals surface area contributed by atoms with Crippen LogP contribution in [0.1, 0.15) is 67.3 Å². The predicted octanol–water partition coefficient (Wildman–Crippen LogP) is 5.22. The Morgan fingerprint density at radius 1 is 1.10 bits per heavy atom. The van der Waals surface area contributed by atoms with E-state index in [1.165, 1.54) is 12.1 Å². The van der Waals surface area contributed by atoms with Gasteiger partial charge in [-0.3, -0.25) is 4.79 Å². The molecule has 1 fully saturated rings. The lowest BCUT2D eigenvalue weighted by Gasteiger charge is -2.29. The van der Waals surface area contributed by atoms with Gasteiger partial charge in [0.05, 0.1) is 40.2 Å². The lowest BCUT2D eigenvalue weighted by Crippen LogP contribution is -2.30. The van der Waals surface area contributed by atoms with Gasteiger partial charge in [0, 0.05) is 18.5 Å². The summed E-state index contributed by atoms with van der Waals surface area (Å²) < 4.78 is 65.3. The second kappa shape index (κ2) is 11.7. The Balaban J connectivity index is 1.48. The molecule has 1 heterocycles. The summed E-state index contributed by atoms with van der Waals surface area (Å²) in [6.45, 7) is 3.81. The van der Waals surface area contributed by atoms with Gasteiger partial charge in [0.25, 0.3) is 5.91 Å². The minimum Gasteiger partial charge on any atom is -0.394 e. The topological polar surface area (TPSA) is 101 Å². The predicted molar refractivity (Wildman–Crippen MR) is 142 cm³/mol. The van der Waals surface area contributed by atoms with Crippen LogP contribution in [0.15, 0.2) is 47.4 Å². The zero-order chi connectivity index (χ0) is 28.4. The van der Waals surface area contributed by atoms with Gasteiger partial charge >= 0.3 is 6.18 Å². The Morgan fingerprint density at radius 2 is 1.77 bits per heavy atom. The van der Waals surface area contributed by atoms with Crippen molar-refractivity contribution in [3.63, 3.8) is 0 Å². The van der Waals surface area contributed by atoms with Gasteiger partial charge in [-0.05, 0) is 74.4 Å². The maximum absolute atomic E-state index is 13.0. The monoisotopic (exact) mass is 565 g/mol. The van der Waals surface area contributed by atoms with E-state index in [4.69, 9.17) is 4.98 Å². The Hall–Kier alpha value is -2.92. The molecule has 0 spiro atoms. The van der Waals surface area contributed by atoms with E-state index in [9.17, 15) is 31.5 Å². The summed E-state index contributed by atoms with van der Waals surface area (Å²) in [7, 11) is -3.36. The number of amides is 1. The van der Waals surface area contributed by atoms with Gasteiger partial charge in [-0.25, -0.2) is 13.4 Å². The Kier molecular flexibility index (Phi) is 8.70. The van der Waals surface area contributed by atoms with Gasteiger partial charge in [0.15, 0.2) is 9.84 Å². The van der Waals surface area contributed by atoms with Crippen LogP contribution in [0.2, 0.25) is 0 Å². The highest BCUT2D eigenvalue weighted by molar-refractivity contribution is 7.91. The number of nitrogens with one attached hydrogen (secondary N) is 1. The molecule has 0 bridgehead atoms. The summed E-state index contributed by atoms with van der Waals surface area (Å²) in [6.07, 6.45) is -2.23. The fourth-order valence-corrected chi connectivity index (χ4v) is 6.22. The van der Waals surface area contributed by atoms with Crippen molar-refractivity contribution in [3.8, 4) is 0 Å². The van der Waals surface area contributed by atoms with Crippen molar-refractivity contribution in [1.29, 1.82) is 0 Å². The SMILES string of the molecule is CCn1c(CC2CCC(C(F)(F)F)CC2)nc2cc(C(=O)NC(CO)c3ccc(S(=O)(=O)CC)cc3)ccc21. The number of aromatic nitrogens is 2. The first-order valence-corrected chi connectivity index (χ1v) is 14.9. The molecule has 2 aromatic carbocycles. The number of alkyl halides is 3. The van der Waals surface area contributed by atoms with Crippen molar-refractivity contribution in [3.05, 3.63) is 59.4 Å². The lowest BCUT2D eigenvalue weighted by molar-refractivity contribution is -0.183. The van der Waals surface area contributed by atoms with Gasteiger partial charge in [0.1, 0.15) is 5.82 Å². The van der Waals surface area contributed by atoms with Crippen LogP contribution in [0, 0.1) is 11.8 Å². The molecular weight excluding hydrogens is 531 g/mol. The first kappa shape index (κ1) is 29.1. The van der Waals surface area contributed by atoms with E-state index in [0.29, 0.717) is 42.5 Å². The number of carbonyl (C=O) groups excluding carboxylic acids is 1. The largest absolute Gasteiger partial charge is 0.394 e. The van der Waals surface area contributed by atoms with E-state index in [-0.39, 0.29) is 36.0 Å². The molecule has 1 saturated carbocycles. The number of aryl methyl sites for hydroxylation is 1. The molecule has 212 valence electrons. The van der Waals surface area contributed by atoms with Crippen LogP contribution in [0.5, 0.6) is 0 Å². The highest BCUT2D eigenvalue weighted by Gasteiger charge is 2.41. The van der Waals surface area contributed by atoms with Crippen LogP contribution in [-0.4, -0.2) is 47.5 Å². The first-order valence-electron chi connectivity index (χ1n) is 13.3. The molecule has 0 radical (unpaired) electrons.